The summed E-state index contributed by atoms with van der Waals surface area (Å²) in [5.74, 6) is 0.756. The van der Waals surface area contributed by atoms with Gasteiger partial charge in [-0.25, -0.2) is 9.97 Å². The zero-order valence-electron chi connectivity index (χ0n) is 17.6. The topological polar surface area (TPSA) is 102 Å². The molecular formula is C23H24N6O2. The first kappa shape index (κ1) is 19.3. The van der Waals surface area contributed by atoms with Gasteiger partial charge in [-0.1, -0.05) is 6.07 Å². The van der Waals surface area contributed by atoms with Crippen molar-refractivity contribution in [2.24, 2.45) is 0 Å². The van der Waals surface area contributed by atoms with Gasteiger partial charge in [-0.3, -0.25) is 4.79 Å². The van der Waals surface area contributed by atoms with Gasteiger partial charge in [-0.15, -0.1) is 0 Å². The lowest BCUT2D eigenvalue weighted by molar-refractivity contribution is 0.0303. The van der Waals surface area contributed by atoms with Crippen molar-refractivity contribution in [1.82, 2.24) is 24.4 Å². The predicted octanol–water partition coefficient (Wildman–Crippen LogP) is 3.09. The number of carbonyl (C=O) groups excluding carboxylic acids is 1. The van der Waals surface area contributed by atoms with Gasteiger partial charge in [0.25, 0.3) is 5.91 Å². The van der Waals surface area contributed by atoms with Crippen LogP contribution >= 0.6 is 0 Å². The number of rotatable bonds is 3. The number of aromatic amines is 1. The number of imidazole rings is 1. The molecule has 0 spiro atoms. The Morgan fingerprint density at radius 3 is 2.74 bits per heavy atom. The van der Waals surface area contributed by atoms with E-state index < -0.39 is 0 Å². The monoisotopic (exact) mass is 416 g/mol. The molecule has 3 N–H and O–H groups in total. The lowest BCUT2D eigenvalue weighted by atomic mass is 10.1. The molecule has 31 heavy (non-hydrogen) atoms. The van der Waals surface area contributed by atoms with Crippen molar-refractivity contribution >= 4 is 22.8 Å². The average molecular weight is 416 g/mol. The minimum absolute atomic E-state index is 0.0340. The van der Waals surface area contributed by atoms with Crippen molar-refractivity contribution in [3.63, 3.8) is 0 Å². The number of carbonyl (C=O) groups is 1. The number of nitrogen functional groups attached to an aromatic ring is 1. The highest BCUT2D eigenvalue weighted by atomic mass is 16.5. The van der Waals surface area contributed by atoms with Crippen molar-refractivity contribution in [3.05, 3.63) is 59.5 Å². The van der Waals surface area contributed by atoms with Crippen LogP contribution in [0, 0.1) is 13.8 Å². The summed E-state index contributed by atoms with van der Waals surface area (Å²) in [5.41, 5.74) is 12.7. The molecule has 0 unspecified atom stereocenters. The average Bonchev–Trinajstić information content (AvgIpc) is 3.35. The Balaban J connectivity index is 1.53. The Morgan fingerprint density at radius 2 is 1.97 bits per heavy atom. The fraction of sp³-hybridized carbons (Fsp3) is 0.261. The summed E-state index contributed by atoms with van der Waals surface area (Å²) in [6.45, 7) is 6.50. The second-order valence-electron chi connectivity index (χ2n) is 7.76. The summed E-state index contributed by atoms with van der Waals surface area (Å²) >= 11 is 0. The maximum absolute atomic E-state index is 12.9. The zero-order chi connectivity index (χ0) is 21.5. The number of pyridine rings is 1. The number of fused-ring (bicyclic) bond motifs is 1. The van der Waals surface area contributed by atoms with Crippen LogP contribution in [-0.4, -0.2) is 56.6 Å². The van der Waals surface area contributed by atoms with Gasteiger partial charge in [0, 0.05) is 47.5 Å². The van der Waals surface area contributed by atoms with E-state index in [2.05, 4.69) is 25.6 Å². The van der Waals surface area contributed by atoms with Crippen molar-refractivity contribution in [1.29, 1.82) is 0 Å². The molecule has 0 atom stereocenters. The van der Waals surface area contributed by atoms with Crippen molar-refractivity contribution in [3.8, 4) is 17.1 Å². The third-order valence-corrected chi connectivity index (χ3v) is 5.76. The largest absolute Gasteiger partial charge is 0.397 e. The maximum Gasteiger partial charge on any atom is 0.254 e. The number of anilines is 1. The minimum atomic E-state index is 0.0340. The van der Waals surface area contributed by atoms with Gasteiger partial charge in [-0.05, 0) is 44.2 Å². The number of ether oxygens (including phenoxy) is 1. The second-order valence-corrected chi connectivity index (χ2v) is 7.76. The van der Waals surface area contributed by atoms with Crippen LogP contribution in [0.1, 0.15) is 21.7 Å². The first-order valence-electron chi connectivity index (χ1n) is 10.3. The summed E-state index contributed by atoms with van der Waals surface area (Å²) in [6, 6.07) is 11.6. The van der Waals surface area contributed by atoms with Crippen LogP contribution in [0.25, 0.3) is 28.2 Å². The number of H-pyrrole nitrogens is 1. The number of hydrogen-bond acceptors (Lipinski definition) is 5. The van der Waals surface area contributed by atoms with Crippen LogP contribution in [0.4, 0.5) is 5.69 Å². The first-order chi connectivity index (χ1) is 15.0. The minimum Gasteiger partial charge on any atom is -0.397 e. The molecule has 8 nitrogen and oxygen atoms in total. The molecule has 1 amide bonds. The number of hydrogen-bond donors (Lipinski definition) is 2. The van der Waals surface area contributed by atoms with Gasteiger partial charge in [0.2, 0.25) is 0 Å². The maximum atomic E-state index is 12.9. The highest BCUT2D eigenvalue weighted by Gasteiger charge is 2.20. The molecule has 1 fully saturated rings. The summed E-state index contributed by atoms with van der Waals surface area (Å²) in [5, 5.41) is 0. The lowest BCUT2D eigenvalue weighted by Gasteiger charge is -2.27. The van der Waals surface area contributed by atoms with Crippen LogP contribution < -0.4 is 5.73 Å². The van der Waals surface area contributed by atoms with Gasteiger partial charge in [0.05, 0.1) is 18.9 Å². The number of morpholine rings is 1. The molecule has 1 aliphatic rings. The number of aryl methyl sites for hydroxylation is 1. The van der Waals surface area contributed by atoms with Crippen LogP contribution in [0.3, 0.4) is 0 Å². The van der Waals surface area contributed by atoms with E-state index in [1.807, 2.05) is 43.0 Å². The SMILES string of the molecule is Cc1cc(-c2nc3nccc(N)c3[nH]2)c(C)n1-c1cccc(C(=O)N2CCOCC2)c1. The Bertz CT molecular complexity index is 1280. The Hall–Kier alpha value is -3.65. The molecule has 4 heterocycles. The Morgan fingerprint density at radius 1 is 1.16 bits per heavy atom. The molecule has 0 bridgehead atoms. The number of benzene rings is 1. The van der Waals surface area contributed by atoms with Crippen LogP contribution in [0.5, 0.6) is 0 Å². The molecule has 0 radical (unpaired) electrons. The second kappa shape index (κ2) is 7.55. The standard InChI is InChI=1S/C23H24N6O2/c1-14-12-18(21-26-20-19(24)6-7-25-22(20)27-21)15(2)29(14)17-5-3-4-16(13-17)23(30)28-8-10-31-11-9-28/h3-7,12-13H,8-11H2,1-2H3,(H3,24,25,26,27). The number of nitrogens with zero attached hydrogens (tertiary/aromatic N) is 4. The predicted molar refractivity (Wildman–Crippen MR) is 119 cm³/mol. The van der Waals surface area contributed by atoms with Crippen LogP contribution in [0.2, 0.25) is 0 Å². The molecular weight excluding hydrogens is 392 g/mol. The third kappa shape index (κ3) is 3.34. The van der Waals surface area contributed by atoms with Gasteiger partial charge >= 0.3 is 0 Å². The van der Waals surface area contributed by atoms with E-state index in [0.29, 0.717) is 43.2 Å². The van der Waals surface area contributed by atoms with Crippen molar-refractivity contribution in [2.45, 2.75) is 13.8 Å². The van der Waals surface area contributed by atoms with Gasteiger partial charge in [0.1, 0.15) is 11.3 Å². The fourth-order valence-corrected chi connectivity index (χ4v) is 4.18. The Kier molecular flexibility index (Phi) is 4.71. The summed E-state index contributed by atoms with van der Waals surface area (Å²) in [4.78, 5) is 27.0. The van der Waals surface area contributed by atoms with Gasteiger partial charge < -0.3 is 24.9 Å². The third-order valence-electron chi connectivity index (χ3n) is 5.76. The van der Waals surface area contributed by atoms with E-state index in [0.717, 1.165) is 34.0 Å². The van der Waals surface area contributed by atoms with Gasteiger partial charge in [0.15, 0.2) is 5.65 Å². The van der Waals surface area contributed by atoms with E-state index in [1.54, 1.807) is 12.3 Å². The highest BCUT2D eigenvalue weighted by Crippen LogP contribution is 2.30. The molecule has 1 saturated heterocycles. The molecule has 1 aliphatic heterocycles. The summed E-state index contributed by atoms with van der Waals surface area (Å²) in [6.07, 6.45) is 1.66. The fourth-order valence-electron chi connectivity index (χ4n) is 4.18. The molecule has 3 aromatic heterocycles. The lowest BCUT2D eigenvalue weighted by Crippen LogP contribution is -2.40. The van der Waals surface area contributed by atoms with Crippen molar-refractivity contribution in [2.75, 3.05) is 32.0 Å². The number of nitrogens with one attached hydrogen (secondary N) is 1. The highest BCUT2D eigenvalue weighted by molar-refractivity contribution is 5.95. The van der Waals surface area contributed by atoms with E-state index in [1.165, 1.54) is 0 Å². The summed E-state index contributed by atoms with van der Waals surface area (Å²) < 4.78 is 7.50. The van der Waals surface area contributed by atoms with Crippen LogP contribution in [-0.2, 0) is 4.74 Å². The normalized spacial score (nSPS) is 14.3. The Labute approximate surface area is 179 Å². The van der Waals surface area contributed by atoms with E-state index in [4.69, 9.17) is 10.5 Å². The molecule has 158 valence electrons. The van der Waals surface area contributed by atoms with Gasteiger partial charge in [-0.2, -0.15) is 0 Å². The molecule has 5 rings (SSSR count). The summed E-state index contributed by atoms with van der Waals surface area (Å²) in [7, 11) is 0. The van der Waals surface area contributed by atoms with Crippen LogP contribution in [0.15, 0.2) is 42.6 Å². The number of aromatic nitrogens is 4. The smallest absolute Gasteiger partial charge is 0.254 e. The molecule has 4 aromatic rings. The molecule has 0 saturated carbocycles. The van der Waals surface area contributed by atoms with E-state index in [-0.39, 0.29) is 5.91 Å². The number of amides is 1. The first-order valence-corrected chi connectivity index (χ1v) is 10.3. The van der Waals surface area contributed by atoms with E-state index >= 15 is 0 Å². The number of nitrogens with two attached hydrogens (primary N) is 1. The molecule has 1 aromatic carbocycles. The quantitative estimate of drug-likeness (QED) is 0.534. The molecule has 0 aliphatic carbocycles. The van der Waals surface area contributed by atoms with E-state index in [9.17, 15) is 4.79 Å². The molecule has 8 heteroatoms. The van der Waals surface area contributed by atoms with Crippen molar-refractivity contribution < 1.29 is 9.53 Å². The zero-order valence-corrected chi connectivity index (χ0v) is 17.6.